The van der Waals surface area contributed by atoms with E-state index in [2.05, 4.69) is 5.32 Å². The second-order valence-electron chi connectivity index (χ2n) is 4.29. The summed E-state index contributed by atoms with van der Waals surface area (Å²) in [5.41, 5.74) is 1.42. The molecule has 5 nitrogen and oxygen atoms in total. The third-order valence-electron chi connectivity index (χ3n) is 2.64. The van der Waals surface area contributed by atoms with Gasteiger partial charge in [0.1, 0.15) is 5.75 Å². The van der Waals surface area contributed by atoms with E-state index in [1.165, 1.54) is 0 Å². The minimum absolute atomic E-state index is 0.0366. The Morgan fingerprint density at radius 1 is 1.26 bits per heavy atom. The van der Waals surface area contributed by atoms with Gasteiger partial charge < -0.3 is 19.5 Å². The molecule has 1 unspecified atom stereocenters. The van der Waals surface area contributed by atoms with Crippen molar-refractivity contribution < 1.29 is 19.0 Å². The molecule has 0 aliphatic heterocycles. The van der Waals surface area contributed by atoms with Crippen LogP contribution in [-0.2, 0) is 16.1 Å². The zero-order valence-corrected chi connectivity index (χ0v) is 11.9. The molecule has 5 heteroatoms. The molecule has 0 radical (unpaired) electrons. The maximum absolute atomic E-state index is 12.0. The van der Waals surface area contributed by atoms with E-state index in [4.69, 9.17) is 14.2 Å². The Balaban J connectivity index is 2.82. The van der Waals surface area contributed by atoms with Crippen LogP contribution in [0.25, 0.3) is 0 Å². The molecule has 0 saturated heterocycles. The summed E-state index contributed by atoms with van der Waals surface area (Å²) in [6, 6.07) is 5.24. The predicted molar refractivity (Wildman–Crippen MR) is 72.5 cm³/mol. The molecular formula is C14H21NO4. The van der Waals surface area contributed by atoms with Gasteiger partial charge in [-0.25, -0.2) is 0 Å². The highest BCUT2D eigenvalue weighted by Gasteiger charge is 2.12. The smallest absolute Gasteiger partial charge is 0.251 e. The summed E-state index contributed by atoms with van der Waals surface area (Å²) in [5.74, 6) is 0.577. The van der Waals surface area contributed by atoms with Crippen LogP contribution in [-0.4, -0.2) is 39.9 Å². The summed E-state index contributed by atoms with van der Waals surface area (Å²) in [4.78, 5) is 12.0. The van der Waals surface area contributed by atoms with Crippen LogP contribution >= 0.6 is 0 Å². The second kappa shape index (κ2) is 7.76. The molecule has 1 rings (SSSR count). The van der Waals surface area contributed by atoms with Crippen molar-refractivity contribution in [2.45, 2.75) is 19.6 Å². The van der Waals surface area contributed by atoms with Crippen molar-refractivity contribution in [3.05, 3.63) is 29.3 Å². The summed E-state index contributed by atoms with van der Waals surface area (Å²) >= 11 is 0. The normalized spacial score (nSPS) is 12.0. The van der Waals surface area contributed by atoms with Crippen molar-refractivity contribution in [1.29, 1.82) is 0 Å². The quantitative estimate of drug-likeness (QED) is 0.815. The Morgan fingerprint density at radius 2 is 2.00 bits per heavy atom. The van der Waals surface area contributed by atoms with E-state index in [9.17, 15) is 4.79 Å². The number of nitrogens with one attached hydrogen (secondary N) is 1. The van der Waals surface area contributed by atoms with Gasteiger partial charge in [0.15, 0.2) is 0 Å². The van der Waals surface area contributed by atoms with Gasteiger partial charge in [-0.3, -0.25) is 4.79 Å². The van der Waals surface area contributed by atoms with Crippen LogP contribution in [0.15, 0.2) is 18.2 Å². The van der Waals surface area contributed by atoms with Crippen LogP contribution in [0.2, 0.25) is 0 Å². The van der Waals surface area contributed by atoms with Crippen LogP contribution in [0, 0.1) is 0 Å². The van der Waals surface area contributed by atoms with Crippen molar-refractivity contribution in [2.24, 2.45) is 0 Å². The topological polar surface area (TPSA) is 56.8 Å². The number of rotatable bonds is 7. The lowest BCUT2D eigenvalue weighted by atomic mass is 10.1. The molecule has 0 aliphatic carbocycles. The van der Waals surface area contributed by atoms with E-state index in [-0.39, 0.29) is 11.9 Å². The molecule has 0 fully saturated rings. The zero-order valence-electron chi connectivity index (χ0n) is 11.9. The Kier molecular flexibility index (Phi) is 6.32. The minimum atomic E-state index is -0.135. The maximum Gasteiger partial charge on any atom is 0.251 e. The fourth-order valence-electron chi connectivity index (χ4n) is 1.79. The average molecular weight is 267 g/mol. The number of ether oxygens (including phenoxy) is 3. The maximum atomic E-state index is 12.0. The summed E-state index contributed by atoms with van der Waals surface area (Å²) in [6.45, 7) is 2.77. The molecule has 1 atom stereocenters. The fourth-order valence-corrected chi connectivity index (χ4v) is 1.79. The Hall–Kier alpha value is -1.59. The van der Waals surface area contributed by atoms with Crippen molar-refractivity contribution in [1.82, 2.24) is 5.32 Å². The third-order valence-corrected chi connectivity index (χ3v) is 2.64. The van der Waals surface area contributed by atoms with Gasteiger partial charge in [0.05, 0.1) is 20.3 Å². The molecule has 106 valence electrons. The molecule has 0 saturated carbocycles. The second-order valence-corrected chi connectivity index (χ2v) is 4.29. The molecular weight excluding hydrogens is 246 g/mol. The average Bonchev–Trinajstić information content (AvgIpc) is 2.39. The first kappa shape index (κ1) is 15.5. The molecule has 0 heterocycles. The summed E-state index contributed by atoms with van der Waals surface area (Å²) in [5, 5.41) is 2.86. The van der Waals surface area contributed by atoms with Gasteiger partial charge in [-0.1, -0.05) is 0 Å². The number of benzene rings is 1. The molecule has 0 spiro atoms. The van der Waals surface area contributed by atoms with Gasteiger partial charge in [-0.15, -0.1) is 0 Å². The van der Waals surface area contributed by atoms with Crippen LogP contribution in [0.1, 0.15) is 22.8 Å². The fraction of sp³-hybridized carbons (Fsp3) is 0.500. The number of carbonyl (C=O) groups is 1. The largest absolute Gasteiger partial charge is 0.496 e. The lowest BCUT2D eigenvalue weighted by molar-refractivity contribution is 0.0905. The number of amides is 1. The number of hydrogen-bond donors (Lipinski definition) is 1. The molecule has 1 amide bonds. The van der Waals surface area contributed by atoms with E-state index in [0.29, 0.717) is 24.5 Å². The van der Waals surface area contributed by atoms with Crippen molar-refractivity contribution >= 4 is 5.91 Å². The Labute approximate surface area is 113 Å². The highest BCUT2D eigenvalue weighted by atomic mass is 16.5. The van der Waals surface area contributed by atoms with Crippen LogP contribution < -0.4 is 10.1 Å². The Bertz CT molecular complexity index is 420. The third kappa shape index (κ3) is 4.54. The number of carbonyl (C=O) groups excluding carboxylic acids is 1. The number of methoxy groups -OCH3 is 3. The first-order valence-electron chi connectivity index (χ1n) is 6.08. The highest BCUT2D eigenvalue weighted by Crippen LogP contribution is 2.20. The SMILES string of the molecule is COCc1cc(C(=O)NC(C)COC)ccc1OC. The molecule has 19 heavy (non-hydrogen) atoms. The molecule has 1 aromatic carbocycles. The summed E-state index contributed by atoms with van der Waals surface area (Å²) in [7, 11) is 4.80. The van der Waals surface area contributed by atoms with Gasteiger partial charge in [0, 0.05) is 31.4 Å². The van der Waals surface area contributed by atoms with Gasteiger partial charge in [-0.05, 0) is 25.1 Å². The van der Waals surface area contributed by atoms with Gasteiger partial charge in [0.25, 0.3) is 5.91 Å². The van der Waals surface area contributed by atoms with E-state index in [1.807, 2.05) is 6.92 Å². The predicted octanol–water partition coefficient (Wildman–Crippen LogP) is 1.61. The molecule has 1 aromatic rings. The minimum Gasteiger partial charge on any atom is -0.496 e. The van der Waals surface area contributed by atoms with E-state index in [0.717, 1.165) is 5.56 Å². The highest BCUT2D eigenvalue weighted by molar-refractivity contribution is 5.94. The van der Waals surface area contributed by atoms with Crippen LogP contribution in [0.5, 0.6) is 5.75 Å². The molecule has 0 aliphatic rings. The van der Waals surface area contributed by atoms with Gasteiger partial charge in [0.2, 0.25) is 0 Å². The van der Waals surface area contributed by atoms with E-state index < -0.39 is 0 Å². The van der Waals surface area contributed by atoms with E-state index >= 15 is 0 Å². The Morgan fingerprint density at radius 3 is 2.58 bits per heavy atom. The first-order chi connectivity index (χ1) is 9.12. The van der Waals surface area contributed by atoms with Crippen molar-refractivity contribution in [2.75, 3.05) is 27.9 Å². The standard InChI is InChI=1S/C14H21NO4/c1-10(8-17-2)15-14(16)11-5-6-13(19-4)12(7-11)9-18-3/h5-7,10H,8-9H2,1-4H3,(H,15,16). The lowest BCUT2D eigenvalue weighted by Crippen LogP contribution is -2.35. The van der Waals surface area contributed by atoms with Crippen LogP contribution in [0.3, 0.4) is 0 Å². The number of hydrogen-bond acceptors (Lipinski definition) is 4. The zero-order chi connectivity index (χ0) is 14.3. The van der Waals surface area contributed by atoms with Gasteiger partial charge >= 0.3 is 0 Å². The lowest BCUT2D eigenvalue weighted by Gasteiger charge is -2.14. The molecule has 0 aromatic heterocycles. The molecule has 1 N–H and O–H groups in total. The first-order valence-corrected chi connectivity index (χ1v) is 6.08. The molecule has 0 bridgehead atoms. The van der Waals surface area contributed by atoms with Gasteiger partial charge in [-0.2, -0.15) is 0 Å². The summed E-state index contributed by atoms with van der Waals surface area (Å²) < 4.78 is 15.3. The summed E-state index contributed by atoms with van der Waals surface area (Å²) in [6.07, 6.45) is 0. The van der Waals surface area contributed by atoms with Crippen molar-refractivity contribution in [3.8, 4) is 5.75 Å². The van der Waals surface area contributed by atoms with Crippen molar-refractivity contribution in [3.63, 3.8) is 0 Å². The van der Waals surface area contributed by atoms with E-state index in [1.54, 1.807) is 39.5 Å². The van der Waals surface area contributed by atoms with Crippen LogP contribution in [0.4, 0.5) is 0 Å². The monoisotopic (exact) mass is 267 g/mol.